The summed E-state index contributed by atoms with van der Waals surface area (Å²) in [4.78, 5) is 11.1. The predicted molar refractivity (Wildman–Crippen MR) is 91.0 cm³/mol. The molecule has 0 saturated heterocycles. The predicted octanol–water partition coefficient (Wildman–Crippen LogP) is 5.13. The molecule has 0 aliphatic rings. The van der Waals surface area contributed by atoms with Crippen LogP contribution in [-0.2, 0) is 0 Å². The minimum Gasteiger partial charge on any atom is -0.493 e. The molecule has 0 aliphatic heterocycles. The van der Waals surface area contributed by atoms with Crippen molar-refractivity contribution in [3.63, 3.8) is 0 Å². The lowest BCUT2D eigenvalue weighted by Crippen LogP contribution is -2.12. The SMILES string of the molecule is CC(C)(C)CCOc1cc(C=O)cc(OCCC(C)(C)C)c1. The first-order valence-corrected chi connectivity index (χ1v) is 7.95. The van der Waals surface area contributed by atoms with Crippen molar-refractivity contribution in [3.8, 4) is 11.5 Å². The maximum atomic E-state index is 11.1. The molecule has 0 saturated carbocycles. The zero-order chi connectivity index (χ0) is 16.8. The van der Waals surface area contributed by atoms with Gasteiger partial charge in [0, 0.05) is 11.6 Å². The summed E-state index contributed by atoms with van der Waals surface area (Å²) in [7, 11) is 0. The maximum Gasteiger partial charge on any atom is 0.150 e. The highest BCUT2D eigenvalue weighted by Gasteiger charge is 2.12. The van der Waals surface area contributed by atoms with Crippen LogP contribution in [0.25, 0.3) is 0 Å². The van der Waals surface area contributed by atoms with Gasteiger partial charge in [0.15, 0.2) is 0 Å². The van der Waals surface area contributed by atoms with E-state index >= 15 is 0 Å². The van der Waals surface area contributed by atoms with Gasteiger partial charge >= 0.3 is 0 Å². The zero-order valence-corrected chi connectivity index (χ0v) is 14.9. The molecule has 1 aromatic carbocycles. The molecule has 0 unspecified atom stereocenters. The average molecular weight is 306 g/mol. The number of carbonyl (C=O) groups excluding carboxylic acids is 1. The van der Waals surface area contributed by atoms with E-state index in [1.54, 1.807) is 12.1 Å². The van der Waals surface area contributed by atoms with Crippen molar-refractivity contribution in [2.24, 2.45) is 10.8 Å². The molecule has 0 heterocycles. The summed E-state index contributed by atoms with van der Waals surface area (Å²) >= 11 is 0. The minimum atomic E-state index is 0.230. The van der Waals surface area contributed by atoms with Crippen molar-refractivity contribution in [2.75, 3.05) is 13.2 Å². The van der Waals surface area contributed by atoms with Gasteiger partial charge in [-0.05, 0) is 35.8 Å². The fraction of sp³-hybridized carbons (Fsp3) is 0.632. The van der Waals surface area contributed by atoms with Crippen molar-refractivity contribution in [1.29, 1.82) is 0 Å². The van der Waals surface area contributed by atoms with Gasteiger partial charge in [0.05, 0.1) is 13.2 Å². The summed E-state index contributed by atoms with van der Waals surface area (Å²) < 4.78 is 11.5. The number of rotatable bonds is 7. The first-order valence-electron chi connectivity index (χ1n) is 7.95. The van der Waals surface area contributed by atoms with Crippen LogP contribution in [0.15, 0.2) is 18.2 Å². The second-order valence-electron chi connectivity index (χ2n) is 8.17. The van der Waals surface area contributed by atoms with Gasteiger partial charge < -0.3 is 9.47 Å². The molecular formula is C19H30O3. The fourth-order valence-corrected chi connectivity index (χ4v) is 1.78. The molecule has 0 fully saturated rings. The van der Waals surface area contributed by atoms with Crippen molar-refractivity contribution >= 4 is 6.29 Å². The number of ether oxygens (including phenoxy) is 2. The van der Waals surface area contributed by atoms with E-state index in [4.69, 9.17) is 9.47 Å². The molecule has 0 N–H and O–H groups in total. The van der Waals surface area contributed by atoms with Gasteiger partial charge in [0.1, 0.15) is 17.8 Å². The van der Waals surface area contributed by atoms with Crippen molar-refractivity contribution in [2.45, 2.75) is 54.4 Å². The van der Waals surface area contributed by atoms with Crippen molar-refractivity contribution < 1.29 is 14.3 Å². The molecule has 22 heavy (non-hydrogen) atoms. The summed E-state index contributed by atoms with van der Waals surface area (Å²) in [5.74, 6) is 1.39. The number of carbonyl (C=O) groups is 1. The van der Waals surface area contributed by atoms with E-state index in [9.17, 15) is 4.79 Å². The third-order valence-electron chi connectivity index (χ3n) is 3.28. The van der Waals surface area contributed by atoms with Crippen LogP contribution in [0.1, 0.15) is 64.7 Å². The van der Waals surface area contributed by atoms with Crippen LogP contribution in [0.4, 0.5) is 0 Å². The molecule has 124 valence electrons. The van der Waals surface area contributed by atoms with E-state index in [1.807, 2.05) is 6.07 Å². The molecule has 0 radical (unpaired) electrons. The van der Waals surface area contributed by atoms with Gasteiger partial charge in [-0.15, -0.1) is 0 Å². The second kappa shape index (κ2) is 7.66. The van der Waals surface area contributed by atoms with E-state index in [1.165, 1.54) is 0 Å². The summed E-state index contributed by atoms with van der Waals surface area (Å²) in [5.41, 5.74) is 1.04. The maximum absolute atomic E-state index is 11.1. The first kappa shape index (κ1) is 18.5. The van der Waals surface area contributed by atoms with Gasteiger partial charge in [-0.25, -0.2) is 0 Å². The first-order chi connectivity index (χ1) is 10.1. The van der Waals surface area contributed by atoms with E-state index < -0.39 is 0 Å². The van der Waals surface area contributed by atoms with Crippen LogP contribution in [0.2, 0.25) is 0 Å². The number of hydrogen-bond acceptors (Lipinski definition) is 3. The lowest BCUT2D eigenvalue weighted by atomic mass is 9.93. The van der Waals surface area contributed by atoms with Crippen LogP contribution in [0.3, 0.4) is 0 Å². The van der Waals surface area contributed by atoms with Crippen LogP contribution in [0, 0.1) is 10.8 Å². The molecule has 0 aromatic heterocycles. The number of benzene rings is 1. The normalized spacial score (nSPS) is 12.1. The van der Waals surface area contributed by atoms with Gasteiger partial charge in [0.2, 0.25) is 0 Å². The summed E-state index contributed by atoms with van der Waals surface area (Å²) in [6.07, 6.45) is 2.74. The Hall–Kier alpha value is -1.51. The topological polar surface area (TPSA) is 35.5 Å². The van der Waals surface area contributed by atoms with Crippen LogP contribution >= 0.6 is 0 Å². The van der Waals surface area contributed by atoms with Crippen LogP contribution in [0.5, 0.6) is 11.5 Å². The summed E-state index contributed by atoms with van der Waals surface area (Å²) in [6.45, 7) is 14.3. The largest absolute Gasteiger partial charge is 0.493 e. The molecule has 1 aromatic rings. The lowest BCUT2D eigenvalue weighted by Gasteiger charge is -2.19. The Kier molecular flexibility index (Phi) is 6.46. The Labute approximate surface area is 135 Å². The molecule has 0 bridgehead atoms. The molecule has 0 aliphatic carbocycles. The molecule has 0 spiro atoms. The third kappa shape index (κ3) is 8.06. The Morgan fingerprint density at radius 3 is 1.55 bits per heavy atom. The molecule has 3 heteroatoms. The highest BCUT2D eigenvalue weighted by molar-refractivity contribution is 5.76. The molecule has 1 rings (SSSR count). The molecule has 0 atom stereocenters. The van der Waals surface area contributed by atoms with E-state index in [2.05, 4.69) is 41.5 Å². The highest BCUT2D eigenvalue weighted by atomic mass is 16.5. The monoisotopic (exact) mass is 306 g/mol. The highest BCUT2D eigenvalue weighted by Crippen LogP contribution is 2.25. The van der Waals surface area contributed by atoms with E-state index in [0.717, 1.165) is 19.1 Å². The minimum absolute atomic E-state index is 0.230. The quantitative estimate of drug-likeness (QED) is 0.655. The Bertz CT molecular complexity index is 440. The Balaban J connectivity index is 2.66. The number of hydrogen-bond donors (Lipinski definition) is 0. The van der Waals surface area contributed by atoms with Crippen LogP contribution in [-0.4, -0.2) is 19.5 Å². The summed E-state index contributed by atoms with van der Waals surface area (Å²) in [5, 5.41) is 0. The average Bonchev–Trinajstić information content (AvgIpc) is 2.35. The third-order valence-corrected chi connectivity index (χ3v) is 3.28. The van der Waals surface area contributed by atoms with Gasteiger partial charge in [-0.2, -0.15) is 0 Å². The smallest absolute Gasteiger partial charge is 0.150 e. The van der Waals surface area contributed by atoms with Crippen molar-refractivity contribution in [1.82, 2.24) is 0 Å². The Morgan fingerprint density at radius 2 is 1.23 bits per heavy atom. The summed E-state index contributed by atoms with van der Waals surface area (Å²) in [6, 6.07) is 5.37. The Morgan fingerprint density at radius 1 is 0.818 bits per heavy atom. The lowest BCUT2D eigenvalue weighted by molar-refractivity contribution is 0.112. The van der Waals surface area contributed by atoms with Gasteiger partial charge in [-0.1, -0.05) is 41.5 Å². The fourth-order valence-electron chi connectivity index (χ4n) is 1.78. The second-order valence-corrected chi connectivity index (χ2v) is 8.17. The molecular weight excluding hydrogens is 276 g/mol. The molecule has 0 amide bonds. The standard InChI is InChI=1S/C19H30O3/c1-18(2,3)7-9-21-16-11-15(14-20)12-17(13-16)22-10-8-19(4,5)6/h11-14H,7-10H2,1-6H3. The molecule has 3 nitrogen and oxygen atoms in total. The van der Waals surface area contributed by atoms with Crippen molar-refractivity contribution in [3.05, 3.63) is 23.8 Å². The van der Waals surface area contributed by atoms with Gasteiger partial charge in [0.25, 0.3) is 0 Å². The zero-order valence-electron chi connectivity index (χ0n) is 14.9. The van der Waals surface area contributed by atoms with Crippen LogP contribution < -0.4 is 9.47 Å². The van der Waals surface area contributed by atoms with Gasteiger partial charge in [-0.3, -0.25) is 4.79 Å². The van der Waals surface area contributed by atoms with E-state index in [-0.39, 0.29) is 10.8 Å². The van der Waals surface area contributed by atoms with E-state index in [0.29, 0.717) is 30.3 Å². The number of aldehydes is 1.